The maximum atomic E-state index is 12.0. The van der Waals surface area contributed by atoms with Gasteiger partial charge < -0.3 is 14.8 Å². The normalized spacial score (nSPS) is 10.2. The summed E-state index contributed by atoms with van der Waals surface area (Å²) in [6.45, 7) is 3.73. The fourth-order valence-electron chi connectivity index (χ4n) is 2.02. The van der Waals surface area contributed by atoms with Crippen LogP contribution < -0.4 is 10.1 Å². The van der Waals surface area contributed by atoms with Gasteiger partial charge in [-0.2, -0.15) is 0 Å². The van der Waals surface area contributed by atoms with Crippen molar-refractivity contribution in [2.24, 2.45) is 0 Å². The molecule has 7 heteroatoms. The minimum atomic E-state index is -0.537. The van der Waals surface area contributed by atoms with Crippen LogP contribution in [0, 0.1) is 6.92 Å². The predicted molar refractivity (Wildman–Crippen MR) is 100 cm³/mol. The van der Waals surface area contributed by atoms with Crippen LogP contribution in [0.2, 0.25) is 5.02 Å². The molecule has 1 amide bonds. The van der Waals surface area contributed by atoms with Gasteiger partial charge in [0.15, 0.2) is 6.61 Å². The Balaban J connectivity index is 1.99. The van der Waals surface area contributed by atoms with Gasteiger partial charge in [0.05, 0.1) is 17.2 Å². The second kappa shape index (κ2) is 8.87. The van der Waals surface area contributed by atoms with E-state index in [1.165, 1.54) is 12.1 Å². The minimum absolute atomic E-state index is 0.154. The van der Waals surface area contributed by atoms with Gasteiger partial charge in [-0.15, -0.1) is 0 Å². The summed E-state index contributed by atoms with van der Waals surface area (Å²) in [5.74, 6) is -0.290. The summed E-state index contributed by atoms with van der Waals surface area (Å²) >= 11 is 9.40. The number of rotatable bonds is 6. The van der Waals surface area contributed by atoms with Gasteiger partial charge in [-0.05, 0) is 55.8 Å². The van der Waals surface area contributed by atoms with E-state index in [2.05, 4.69) is 21.2 Å². The molecule has 0 heterocycles. The molecule has 25 heavy (non-hydrogen) atoms. The van der Waals surface area contributed by atoms with Gasteiger partial charge in [0.25, 0.3) is 5.91 Å². The van der Waals surface area contributed by atoms with Crippen molar-refractivity contribution >= 4 is 45.1 Å². The van der Waals surface area contributed by atoms with Crippen LogP contribution in [0.15, 0.2) is 40.9 Å². The Morgan fingerprint density at radius 3 is 2.64 bits per heavy atom. The number of hydrogen-bond acceptors (Lipinski definition) is 4. The Labute approximate surface area is 159 Å². The van der Waals surface area contributed by atoms with Crippen molar-refractivity contribution in [3.8, 4) is 5.75 Å². The third-order valence-corrected chi connectivity index (χ3v) is 4.46. The molecule has 0 aliphatic heterocycles. The van der Waals surface area contributed by atoms with Crippen LogP contribution in [-0.4, -0.2) is 25.1 Å². The van der Waals surface area contributed by atoms with E-state index < -0.39 is 5.97 Å². The van der Waals surface area contributed by atoms with Crippen LogP contribution >= 0.6 is 27.5 Å². The maximum absolute atomic E-state index is 12.0. The largest absolute Gasteiger partial charge is 0.484 e. The van der Waals surface area contributed by atoms with Crippen molar-refractivity contribution < 1.29 is 19.1 Å². The molecule has 0 saturated heterocycles. The average Bonchev–Trinajstić information content (AvgIpc) is 2.58. The number of anilines is 1. The molecule has 1 N–H and O–H groups in total. The van der Waals surface area contributed by atoms with Crippen LogP contribution in [0.1, 0.15) is 22.8 Å². The van der Waals surface area contributed by atoms with Crippen molar-refractivity contribution in [2.75, 3.05) is 18.5 Å². The van der Waals surface area contributed by atoms with Crippen LogP contribution in [-0.2, 0) is 9.53 Å². The summed E-state index contributed by atoms with van der Waals surface area (Å²) < 4.78 is 11.4. The highest BCUT2D eigenvalue weighted by Crippen LogP contribution is 2.23. The van der Waals surface area contributed by atoms with Crippen molar-refractivity contribution in [2.45, 2.75) is 13.8 Å². The van der Waals surface area contributed by atoms with E-state index in [-0.39, 0.29) is 29.7 Å². The number of benzene rings is 2. The summed E-state index contributed by atoms with van der Waals surface area (Å²) in [7, 11) is 0. The van der Waals surface area contributed by atoms with Gasteiger partial charge in [-0.1, -0.05) is 27.5 Å². The SMILES string of the molecule is CCOC(=O)c1cc(NC(=O)COc2ccc(Br)c(C)c2)ccc1Cl. The van der Waals surface area contributed by atoms with Crippen molar-refractivity contribution in [3.05, 3.63) is 57.0 Å². The van der Waals surface area contributed by atoms with Crippen molar-refractivity contribution in [1.29, 1.82) is 0 Å². The topological polar surface area (TPSA) is 64.6 Å². The Hall–Kier alpha value is -2.05. The van der Waals surface area contributed by atoms with E-state index in [0.29, 0.717) is 11.4 Å². The number of carbonyl (C=O) groups excluding carboxylic acids is 2. The van der Waals surface area contributed by atoms with Crippen LogP contribution in [0.25, 0.3) is 0 Å². The number of ether oxygens (including phenoxy) is 2. The molecular formula is C18H17BrClNO4. The van der Waals surface area contributed by atoms with Crippen LogP contribution in [0.3, 0.4) is 0 Å². The first-order valence-electron chi connectivity index (χ1n) is 7.56. The number of nitrogens with one attached hydrogen (secondary N) is 1. The molecule has 5 nitrogen and oxygen atoms in total. The van der Waals surface area contributed by atoms with Crippen molar-refractivity contribution in [1.82, 2.24) is 0 Å². The van der Waals surface area contributed by atoms with Gasteiger partial charge in [-0.3, -0.25) is 4.79 Å². The van der Waals surface area contributed by atoms with Gasteiger partial charge >= 0.3 is 5.97 Å². The summed E-state index contributed by atoms with van der Waals surface area (Å²) in [5, 5.41) is 2.93. The third kappa shape index (κ3) is 5.47. The zero-order valence-electron chi connectivity index (χ0n) is 13.8. The van der Waals surface area contributed by atoms with E-state index in [4.69, 9.17) is 21.1 Å². The van der Waals surface area contributed by atoms with Gasteiger partial charge in [0.1, 0.15) is 5.75 Å². The lowest BCUT2D eigenvalue weighted by Crippen LogP contribution is -2.20. The summed E-state index contributed by atoms with van der Waals surface area (Å²) in [6, 6.07) is 10.1. The average molecular weight is 427 g/mol. The zero-order valence-corrected chi connectivity index (χ0v) is 16.1. The molecule has 0 spiro atoms. The Bertz CT molecular complexity index is 795. The van der Waals surface area contributed by atoms with Gasteiger partial charge in [0, 0.05) is 10.2 Å². The van der Waals surface area contributed by atoms with E-state index in [1.54, 1.807) is 19.1 Å². The highest BCUT2D eigenvalue weighted by Gasteiger charge is 2.13. The van der Waals surface area contributed by atoms with Gasteiger partial charge in [0.2, 0.25) is 0 Å². The molecule has 0 radical (unpaired) electrons. The number of halogens is 2. The highest BCUT2D eigenvalue weighted by molar-refractivity contribution is 9.10. The number of hydrogen-bond donors (Lipinski definition) is 1. The number of aryl methyl sites for hydroxylation is 1. The molecule has 0 atom stereocenters. The Kier molecular flexibility index (Phi) is 6.84. The second-order valence-electron chi connectivity index (χ2n) is 5.16. The van der Waals surface area contributed by atoms with E-state index in [0.717, 1.165) is 10.0 Å². The molecule has 0 aliphatic carbocycles. The lowest BCUT2D eigenvalue weighted by Gasteiger charge is -2.10. The van der Waals surface area contributed by atoms with Gasteiger partial charge in [-0.25, -0.2) is 4.79 Å². The monoisotopic (exact) mass is 425 g/mol. The predicted octanol–water partition coefficient (Wildman–Crippen LogP) is 4.61. The first-order chi connectivity index (χ1) is 11.9. The molecular weight excluding hydrogens is 410 g/mol. The zero-order chi connectivity index (χ0) is 18.4. The lowest BCUT2D eigenvalue weighted by atomic mass is 10.2. The molecule has 0 aliphatic rings. The molecule has 0 fully saturated rings. The molecule has 2 rings (SSSR count). The van der Waals surface area contributed by atoms with E-state index in [9.17, 15) is 9.59 Å². The number of esters is 1. The first-order valence-corrected chi connectivity index (χ1v) is 8.73. The molecule has 0 saturated carbocycles. The molecule has 0 unspecified atom stereocenters. The summed E-state index contributed by atoms with van der Waals surface area (Å²) in [4.78, 5) is 23.9. The van der Waals surface area contributed by atoms with Crippen LogP contribution in [0.4, 0.5) is 5.69 Å². The molecule has 0 aromatic heterocycles. The fourth-order valence-corrected chi connectivity index (χ4v) is 2.46. The standard InChI is InChI=1S/C18H17BrClNO4/c1-3-24-18(23)14-9-12(4-7-16(14)20)21-17(22)10-25-13-5-6-15(19)11(2)8-13/h4-9H,3,10H2,1-2H3,(H,21,22). The smallest absolute Gasteiger partial charge is 0.339 e. The quantitative estimate of drug-likeness (QED) is 0.685. The second-order valence-corrected chi connectivity index (χ2v) is 6.42. The first kappa shape index (κ1) is 19.3. The Morgan fingerprint density at radius 2 is 1.96 bits per heavy atom. The van der Waals surface area contributed by atoms with Crippen molar-refractivity contribution in [3.63, 3.8) is 0 Å². The number of carbonyl (C=O) groups is 2. The molecule has 2 aromatic rings. The van der Waals surface area contributed by atoms with Crippen LogP contribution in [0.5, 0.6) is 5.75 Å². The lowest BCUT2D eigenvalue weighted by molar-refractivity contribution is -0.118. The summed E-state index contributed by atoms with van der Waals surface area (Å²) in [5.41, 5.74) is 1.65. The molecule has 0 bridgehead atoms. The molecule has 132 valence electrons. The highest BCUT2D eigenvalue weighted by atomic mass is 79.9. The maximum Gasteiger partial charge on any atom is 0.339 e. The fraction of sp³-hybridized carbons (Fsp3) is 0.222. The van der Waals surface area contributed by atoms with E-state index >= 15 is 0 Å². The number of amides is 1. The minimum Gasteiger partial charge on any atom is -0.484 e. The molecule has 2 aromatic carbocycles. The third-order valence-electron chi connectivity index (χ3n) is 3.24. The Morgan fingerprint density at radius 1 is 1.20 bits per heavy atom. The summed E-state index contributed by atoms with van der Waals surface area (Å²) in [6.07, 6.45) is 0. The van der Waals surface area contributed by atoms with E-state index in [1.807, 2.05) is 19.1 Å².